The summed E-state index contributed by atoms with van der Waals surface area (Å²) < 4.78 is 7.45. The van der Waals surface area contributed by atoms with Crippen LogP contribution >= 0.6 is 0 Å². The lowest BCUT2D eigenvalue weighted by Gasteiger charge is -2.20. The molecule has 1 amide bonds. The first-order valence-corrected chi connectivity index (χ1v) is 12.8. The summed E-state index contributed by atoms with van der Waals surface area (Å²) in [6.07, 6.45) is 2.30. The van der Waals surface area contributed by atoms with Crippen molar-refractivity contribution in [1.82, 2.24) is 14.5 Å². The number of hydrogen-bond donors (Lipinski definition) is 4. The third-order valence-corrected chi connectivity index (χ3v) is 6.50. The number of fused-ring (bicyclic) bond motifs is 2. The van der Waals surface area contributed by atoms with E-state index in [1.54, 1.807) is 18.2 Å². The maximum Gasteiger partial charge on any atom is 0.488 e. The van der Waals surface area contributed by atoms with Crippen LogP contribution in [-0.4, -0.2) is 43.4 Å². The molecule has 2 aromatic carbocycles. The molecule has 0 aliphatic heterocycles. The highest BCUT2D eigenvalue weighted by Gasteiger charge is 2.23. The Bertz CT molecular complexity index is 1510. The van der Waals surface area contributed by atoms with Gasteiger partial charge in [-0.15, -0.1) is 0 Å². The number of rotatable bonds is 6. The minimum Gasteiger partial charge on any atom is -0.444 e. The summed E-state index contributed by atoms with van der Waals surface area (Å²) in [6, 6.07) is 14.9. The lowest BCUT2D eigenvalue weighted by molar-refractivity contribution is 0.0636. The molecule has 0 radical (unpaired) electrons. The maximum absolute atomic E-state index is 12.5. The second-order valence-electron chi connectivity index (χ2n) is 10.6. The van der Waals surface area contributed by atoms with E-state index < -0.39 is 18.8 Å². The maximum atomic E-state index is 12.5. The summed E-state index contributed by atoms with van der Waals surface area (Å²) in [7, 11) is -1.51. The van der Waals surface area contributed by atoms with Gasteiger partial charge >= 0.3 is 13.2 Å². The van der Waals surface area contributed by atoms with Gasteiger partial charge in [0.1, 0.15) is 11.4 Å². The highest BCUT2D eigenvalue weighted by molar-refractivity contribution is 6.58. The fourth-order valence-electron chi connectivity index (χ4n) is 4.87. The van der Waals surface area contributed by atoms with Gasteiger partial charge in [0.15, 0.2) is 0 Å². The van der Waals surface area contributed by atoms with Gasteiger partial charge in [-0.1, -0.05) is 30.3 Å². The van der Waals surface area contributed by atoms with Crippen LogP contribution in [0, 0.1) is 6.92 Å². The molecular weight excluding hydrogens is 481 g/mol. The van der Waals surface area contributed by atoms with Crippen LogP contribution in [0.15, 0.2) is 48.5 Å². The molecule has 0 saturated heterocycles. The van der Waals surface area contributed by atoms with Crippen molar-refractivity contribution < 1.29 is 19.6 Å². The van der Waals surface area contributed by atoms with E-state index in [-0.39, 0.29) is 0 Å². The zero-order valence-corrected chi connectivity index (χ0v) is 22.1. The average Bonchev–Trinajstić information content (AvgIpc) is 3.45. The summed E-state index contributed by atoms with van der Waals surface area (Å²) in [5.41, 5.74) is 5.39. The van der Waals surface area contributed by atoms with E-state index in [9.17, 15) is 14.8 Å². The van der Waals surface area contributed by atoms with Gasteiger partial charge in [-0.05, 0) is 76.2 Å². The second-order valence-corrected chi connectivity index (χ2v) is 10.6. The van der Waals surface area contributed by atoms with E-state index in [4.69, 9.17) is 14.7 Å². The van der Waals surface area contributed by atoms with Gasteiger partial charge in [0.2, 0.25) is 5.95 Å². The summed E-state index contributed by atoms with van der Waals surface area (Å²) >= 11 is 0. The van der Waals surface area contributed by atoms with Crippen LogP contribution in [0.2, 0.25) is 0 Å². The lowest BCUT2D eigenvalue weighted by atomic mass is 9.79. The number of ether oxygens (including phenoxy) is 1. The molecule has 38 heavy (non-hydrogen) atoms. The zero-order valence-electron chi connectivity index (χ0n) is 22.1. The number of carbonyl (C=O) groups is 1. The Morgan fingerprint density at radius 1 is 1.11 bits per heavy atom. The van der Waals surface area contributed by atoms with E-state index in [2.05, 4.69) is 10.6 Å². The molecule has 0 unspecified atom stereocenters. The summed E-state index contributed by atoms with van der Waals surface area (Å²) in [5, 5.41) is 26.2. The molecule has 0 bridgehead atoms. The number of benzene rings is 2. The monoisotopic (exact) mass is 513 g/mol. The highest BCUT2D eigenvalue weighted by Crippen LogP contribution is 2.32. The Balaban J connectivity index is 1.49. The van der Waals surface area contributed by atoms with E-state index in [0.717, 1.165) is 58.5 Å². The van der Waals surface area contributed by atoms with Crippen LogP contribution < -0.4 is 16.1 Å². The van der Waals surface area contributed by atoms with Crippen molar-refractivity contribution in [3.63, 3.8) is 0 Å². The van der Waals surface area contributed by atoms with Crippen molar-refractivity contribution in [1.29, 1.82) is 0 Å². The largest absolute Gasteiger partial charge is 0.488 e. The van der Waals surface area contributed by atoms with Crippen LogP contribution in [0.4, 0.5) is 16.3 Å². The quantitative estimate of drug-likeness (QED) is 0.289. The molecule has 0 fully saturated rings. The standard InChI is InChI=1S/C28H32BN5O4/c1-17-14-21-23(32-27(35)38-28(2,3)4)12-7-13-24(21)34(17)26-31-22-11-6-10-20(22)25(33-26)30-16-18-8-5-9-19(15-18)29(36)37/h5,7-9,12-15,36-37H,6,10-11,16H2,1-4H3,(H,32,35)(H,30,31,33). The summed E-state index contributed by atoms with van der Waals surface area (Å²) in [5.74, 6) is 1.34. The number of anilines is 2. The molecule has 0 spiro atoms. The van der Waals surface area contributed by atoms with Crippen molar-refractivity contribution in [2.24, 2.45) is 0 Å². The average molecular weight is 513 g/mol. The number of aromatic nitrogens is 3. The van der Waals surface area contributed by atoms with Crippen molar-refractivity contribution in [3.8, 4) is 5.95 Å². The molecule has 4 aromatic rings. The summed E-state index contributed by atoms with van der Waals surface area (Å²) in [4.78, 5) is 22.3. The number of amides is 1. The van der Waals surface area contributed by atoms with Crippen LogP contribution in [0.1, 0.15) is 49.7 Å². The Morgan fingerprint density at radius 2 is 1.89 bits per heavy atom. The van der Waals surface area contributed by atoms with Crippen molar-refractivity contribution in [2.75, 3.05) is 10.6 Å². The van der Waals surface area contributed by atoms with Crippen molar-refractivity contribution in [2.45, 2.75) is 59.1 Å². The molecule has 2 heterocycles. The molecule has 5 rings (SSSR count). The van der Waals surface area contributed by atoms with Gasteiger partial charge < -0.3 is 20.1 Å². The Morgan fingerprint density at radius 3 is 2.66 bits per heavy atom. The minimum atomic E-state index is -1.51. The van der Waals surface area contributed by atoms with Crippen LogP contribution in [0.3, 0.4) is 0 Å². The molecule has 1 aliphatic rings. The third-order valence-electron chi connectivity index (χ3n) is 6.50. The first-order valence-electron chi connectivity index (χ1n) is 12.8. The number of hydrogen-bond acceptors (Lipinski definition) is 7. The van der Waals surface area contributed by atoms with Gasteiger partial charge in [-0.25, -0.2) is 9.78 Å². The number of nitrogens with zero attached hydrogens (tertiary/aromatic N) is 3. The Labute approximate surface area is 222 Å². The third kappa shape index (κ3) is 5.37. The minimum absolute atomic E-state index is 0.447. The topological polar surface area (TPSA) is 122 Å². The Hall–Kier alpha value is -3.89. The van der Waals surface area contributed by atoms with Gasteiger partial charge in [0.25, 0.3) is 0 Å². The van der Waals surface area contributed by atoms with E-state index in [0.29, 0.717) is 23.6 Å². The van der Waals surface area contributed by atoms with Crippen LogP contribution in [0.5, 0.6) is 0 Å². The van der Waals surface area contributed by atoms with Crippen LogP contribution in [-0.2, 0) is 24.1 Å². The van der Waals surface area contributed by atoms with Crippen molar-refractivity contribution >= 4 is 41.1 Å². The van der Waals surface area contributed by atoms with Gasteiger partial charge in [0.05, 0.1) is 16.9 Å². The van der Waals surface area contributed by atoms with Gasteiger partial charge in [-0.2, -0.15) is 4.98 Å². The smallest absolute Gasteiger partial charge is 0.444 e. The first kappa shape index (κ1) is 25.8. The lowest BCUT2D eigenvalue weighted by Crippen LogP contribution is -2.30. The van der Waals surface area contributed by atoms with Crippen molar-refractivity contribution in [3.05, 3.63) is 71.0 Å². The molecular formula is C28H32BN5O4. The second kappa shape index (κ2) is 10.1. The normalized spacial score (nSPS) is 12.9. The molecule has 0 atom stereocenters. The molecule has 2 aromatic heterocycles. The first-order chi connectivity index (χ1) is 18.1. The van der Waals surface area contributed by atoms with E-state index >= 15 is 0 Å². The zero-order chi connectivity index (χ0) is 27.0. The molecule has 10 heteroatoms. The Kier molecular flexibility index (Phi) is 6.85. The SMILES string of the molecule is Cc1cc2c(NC(=O)OC(C)(C)C)cccc2n1-c1nc2c(c(NCc3cccc(B(O)O)c3)n1)CCC2. The van der Waals surface area contributed by atoms with E-state index in [1.807, 2.05) is 62.6 Å². The molecule has 4 N–H and O–H groups in total. The fraction of sp³-hybridized carbons (Fsp3) is 0.321. The number of nitrogens with one attached hydrogen (secondary N) is 2. The summed E-state index contributed by atoms with van der Waals surface area (Å²) in [6.45, 7) is 7.97. The molecule has 196 valence electrons. The highest BCUT2D eigenvalue weighted by atomic mass is 16.6. The molecule has 9 nitrogen and oxygen atoms in total. The van der Waals surface area contributed by atoms with Crippen LogP contribution in [0.25, 0.3) is 16.9 Å². The van der Waals surface area contributed by atoms with Gasteiger partial charge in [-0.3, -0.25) is 9.88 Å². The van der Waals surface area contributed by atoms with Gasteiger partial charge in [0, 0.05) is 23.2 Å². The van der Waals surface area contributed by atoms with E-state index in [1.165, 1.54) is 0 Å². The number of carbonyl (C=O) groups excluding carboxylic acids is 1. The molecule has 1 aliphatic carbocycles. The predicted octanol–water partition coefficient (Wildman–Crippen LogP) is 3.86. The predicted molar refractivity (Wildman–Crippen MR) is 149 cm³/mol. The fourth-order valence-corrected chi connectivity index (χ4v) is 4.87. The molecule has 0 saturated carbocycles. The number of aryl methyl sites for hydroxylation is 2.